The van der Waals surface area contributed by atoms with Crippen molar-refractivity contribution in [2.75, 3.05) is 0 Å². The molecule has 3 rings (SSSR count). The molecule has 2 fully saturated rings. The summed E-state index contributed by atoms with van der Waals surface area (Å²) >= 11 is 5.31. The first kappa shape index (κ1) is 11.4. The predicted molar refractivity (Wildman–Crippen MR) is 71.8 cm³/mol. The Morgan fingerprint density at radius 3 is 2.35 bits per heavy atom. The molecule has 0 aromatic carbocycles. The average molecular weight is 248 g/mol. The minimum absolute atomic E-state index is 0.623. The SMILES string of the molecule is S=c1cc(C2CC2)[nH]c(C2CCCCCC2)n1. The van der Waals surface area contributed by atoms with Crippen LogP contribution in [0.2, 0.25) is 0 Å². The largest absolute Gasteiger partial charge is 0.347 e. The van der Waals surface area contributed by atoms with Crippen LogP contribution in [0.1, 0.15) is 74.7 Å². The summed E-state index contributed by atoms with van der Waals surface area (Å²) in [5.41, 5.74) is 1.34. The van der Waals surface area contributed by atoms with Crippen molar-refractivity contribution in [1.82, 2.24) is 9.97 Å². The fourth-order valence-corrected chi connectivity index (χ4v) is 3.08. The molecule has 2 aliphatic carbocycles. The molecule has 3 heteroatoms. The Balaban J connectivity index is 1.87. The zero-order chi connectivity index (χ0) is 11.7. The molecule has 1 heterocycles. The van der Waals surface area contributed by atoms with E-state index in [2.05, 4.69) is 16.0 Å². The number of nitrogens with one attached hydrogen (secondary N) is 1. The van der Waals surface area contributed by atoms with Gasteiger partial charge in [0.1, 0.15) is 10.5 Å². The van der Waals surface area contributed by atoms with Gasteiger partial charge in [0.2, 0.25) is 0 Å². The Bertz CT molecular complexity index is 440. The first-order valence-corrected chi connectivity index (χ1v) is 7.35. The van der Waals surface area contributed by atoms with Crippen molar-refractivity contribution in [3.63, 3.8) is 0 Å². The van der Waals surface area contributed by atoms with E-state index in [1.54, 1.807) is 0 Å². The molecule has 0 unspecified atom stereocenters. The number of aromatic nitrogens is 2. The molecule has 0 atom stereocenters. The van der Waals surface area contributed by atoms with Gasteiger partial charge >= 0.3 is 0 Å². The van der Waals surface area contributed by atoms with Gasteiger partial charge in [-0.25, -0.2) is 4.98 Å². The highest BCUT2D eigenvalue weighted by molar-refractivity contribution is 7.71. The quantitative estimate of drug-likeness (QED) is 0.618. The summed E-state index contributed by atoms with van der Waals surface area (Å²) in [7, 11) is 0. The maximum atomic E-state index is 5.31. The van der Waals surface area contributed by atoms with E-state index in [0.29, 0.717) is 5.92 Å². The minimum Gasteiger partial charge on any atom is -0.347 e. The van der Waals surface area contributed by atoms with Gasteiger partial charge < -0.3 is 4.98 Å². The molecular formula is C14H20N2S. The van der Waals surface area contributed by atoms with Gasteiger partial charge in [-0.2, -0.15) is 0 Å². The van der Waals surface area contributed by atoms with Gasteiger partial charge in [-0.1, -0.05) is 37.9 Å². The van der Waals surface area contributed by atoms with Crippen LogP contribution in [-0.4, -0.2) is 9.97 Å². The second kappa shape index (κ2) is 4.89. The van der Waals surface area contributed by atoms with Crippen molar-refractivity contribution in [2.45, 2.75) is 63.2 Å². The number of nitrogens with zero attached hydrogens (tertiary/aromatic N) is 1. The monoisotopic (exact) mass is 248 g/mol. The van der Waals surface area contributed by atoms with E-state index >= 15 is 0 Å². The molecule has 0 saturated heterocycles. The first-order valence-electron chi connectivity index (χ1n) is 6.94. The highest BCUT2D eigenvalue weighted by Crippen LogP contribution is 2.39. The third-order valence-corrected chi connectivity index (χ3v) is 4.25. The van der Waals surface area contributed by atoms with E-state index in [4.69, 9.17) is 12.2 Å². The maximum Gasteiger partial charge on any atom is 0.130 e. The van der Waals surface area contributed by atoms with E-state index in [1.165, 1.54) is 62.9 Å². The molecule has 0 aliphatic heterocycles. The Morgan fingerprint density at radius 2 is 1.71 bits per heavy atom. The van der Waals surface area contributed by atoms with E-state index in [0.717, 1.165) is 10.6 Å². The molecule has 1 N–H and O–H groups in total. The Hall–Kier alpha value is -0.700. The number of aromatic amines is 1. The highest BCUT2D eigenvalue weighted by atomic mass is 32.1. The maximum absolute atomic E-state index is 5.31. The Morgan fingerprint density at radius 1 is 1.00 bits per heavy atom. The lowest BCUT2D eigenvalue weighted by atomic mass is 9.99. The zero-order valence-electron chi connectivity index (χ0n) is 10.2. The van der Waals surface area contributed by atoms with Gasteiger partial charge in [-0.15, -0.1) is 0 Å². The summed E-state index contributed by atoms with van der Waals surface area (Å²) in [6.45, 7) is 0. The fraction of sp³-hybridized carbons (Fsp3) is 0.714. The van der Waals surface area contributed by atoms with E-state index in [1.807, 2.05) is 0 Å². The van der Waals surface area contributed by atoms with Crippen LogP contribution in [-0.2, 0) is 0 Å². The lowest BCUT2D eigenvalue weighted by Crippen LogP contribution is -2.06. The van der Waals surface area contributed by atoms with Crippen molar-refractivity contribution >= 4 is 12.2 Å². The molecular weight excluding hydrogens is 228 g/mol. The van der Waals surface area contributed by atoms with Gasteiger partial charge in [0.05, 0.1) is 0 Å². The molecule has 17 heavy (non-hydrogen) atoms. The van der Waals surface area contributed by atoms with E-state index in [9.17, 15) is 0 Å². The molecule has 0 amide bonds. The van der Waals surface area contributed by atoms with Crippen molar-refractivity contribution < 1.29 is 0 Å². The standard InChI is InChI=1S/C14H20N2S/c17-13-9-12(10-7-8-10)15-14(16-13)11-5-3-1-2-4-6-11/h9-11H,1-8H2,(H,15,16,17). The molecule has 0 radical (unpaired) electrons. The molecule has 1 aromatic heterocycles. The summed E-state index contributed by atoms with van der Waals surface area (Å²) < 4.78 is 0.782. The third-order valence-electron chi connectivity index (χ3n) is 4.04. The Labute approximate surface area is 108 Å². The summed E-state index contributed by atoms with van der Waals surface area (Å²) in [6.07, 6.45) is 10.7. The lowest BCUT2D eigenvalue weighted by Gasteiger charge is -2.14. The van der Waals surface area contributed by atoms with Gasteiger partial charge in [0.25, 0.3) is 0 Å². The number of hydrogen-bond acceptors (Lipinski definition) is 2. The normalized spacial score (nSPS) is 22.4. The van der Waals surface area contributed by atoms with Crippen LogP contribution in [0, 0.1) is 4.64 Å². The van der Waals surface area contributed by atoms with Gasteiger partial charge in [-0.3, -0.25) is 0 Å². The van der Waals surface area contributed by atoms with Crippen LogP contribution in [0.3, 0.4) is 0 Å². The van der Waals surface area contributed by atoms with Gasteiger partial charge in [0, 0.05) is 11.6 Å². The number of H-pyrrole nitrogens is 1. The Kier molecular flexibility index (Phi) is 3.28. The number of rotatable bonds is 2. The lowest BCUT2D eigenvalue weighted by molar-refractivity contribution is 0.556. The van der Waals surface area contributed by atoms with Crippen LogP contribution in [0.15, 0.2) is 6.07 Å². The van der Waals surface area contributed by atoms with Gasteiger partial charge in [0.15, 0.2) is 0 Å². The summed E-state index contributed by atoms with van der Waals surface area (Å²) in [5.74, 6) is 2.53. The van der Waals surface area contributed by atoms with Crippen LogP contribution in [0.5, 0.6) is 0 Å². The molecule has 1 aromatic rings. The zero-order valence-corrected chi connectivity index (χ0v) is 11.1. The van der Waals surface area contributed by atoms with Crippen LogP contribution in [0.4, 0.5) is 0 Å². The molecule has 2 nitrogen and oxygen atoms in total. The van der Waals surface area contributed by atoms with Gasteiger partial charge in [-0.05, 0) is 37.7 Å². The average Bonchev–Trinajstić information content (AvgIpc) is 3.16. The molecule has 2 aliphatic rings. The van der Waals surface area contributed by atoms with Crippen LogP contribution in [0.25, 0.3) is 0 Å². The van der Waals surface area contributed by atoms with Crippen LogP contribution >= 0.6 is 12.2 Å². The second-order valence-electron chi connectivity index (χ2n) is 5.52. The minimum atomic E-state index is 0.623. The van der Waals surface area contributed by atoms with Crippen molar-refractivity contribution in [2.24, 2.45) is 0 Å². The van der Waals surface area contributed by atoms with Crippen molar-refractivity contribution in [3.05, 3.63) is 22.2 Å². The predicted octanol–water partition coefficient (Wildman–Crippen LogP) is 4.45. The first-order chi connectivity index (χ1) is 8.33. The van der Waals surface area contributed by atoms with E-state index < -0.39 is 0 Å². The molecule has 2 saturated carbocycles. The molecule has 0 bridgehead atoms. The summed E-state index contributed by atoms with van der Waals surface area (Å²) in [5, 5.41) is 0. The van der Waals surface area contributed by atoms with Crippen LogP contribution < -0.4 is 0 Å². The fourth-order valence-electron chi connectivity index (χ4n) is 2.86. The third kappa shape index (κ3) is 2.76. The molecule has 0 spiro atoms. The second-order valence-corrected chi connectivity index (χ2v) is 5.94. The van der Waals surface area contributed by atoms with E-state index in [-0.39, 0.29) is 0 Å². The summed E-state index contributed by atoms with van der Waals surface area (Å²) in [4.78, 5) is 8.14. The smallest absolute Gasteiger partial charge is 0.130 e. The highest BCUT2D eigenvalue weighted by Gasteiger charge is 2.26. The summed E-state index contributed by atoms with van der Waals surface area (Å²) in [6, 6.07) is 2.06. The van der Waals surface area contributed by atoms with Crippen molar-refractivity contribution in [3.8, 4) is 0 Å². The molecule has 92 valence electrons. The van der Waals surface area contributed by atoms with Crippen molar-refractivity contribution in [1.29, 1.82) is 0 Å². The number of hydrogen-bond donors (Lipinski definition) is 1. The topological polar surface area (TPSA) is 28.7 Å².